The molecule has 1 aromatic rings. The zero-order valence-corrected chi connectivity index (χ0v) is 9.77. The molecule has 1 rings (SSSR count). The Hall–Kier alpha value is -1.85. The molecule has 1 unspecified atom stereocenters. The molecule has 0 bridgehead atoms. The number of rotatable bonds is 4. The van der Waals surface area contributed by atoms with Crippen LogP contribution in [0.4, 0.5) is 11.6 Å². The summed E-state index contributed by atoms with van der Waals surface area (Å²) in [5.41, 5.74) is 5.56. The first-order valence-electron chi connectivity index (χ1n) is 5.05. The molecule has 1 atom stereocenters. The van der Waals surface area contributed by atoms with Crippen LogP contribution in [-0.4, -0.2) is 36.5 Å². The maximum absolute atomic E-state index is 11.4. The quantitative estimate of drug-likeness (QED) is 0.743. The van der Waals surface area contributed by atoms with Crippen molar-refractivity contribution in [3.8, 4) is 0 Å². The first-order valence-corrected chi connectivity index (χ1v) is 5.05. The monoisotopic (exact) mass is 223 g/mol. The molecule has 0 saturated heterocycles. The highest BCUT2D eigenvalue weighted by Gasteiger charge is 2.14. The van der Waals surface area contributed by atoms with E-state index in [1.165, 1.54) is 6.33 Å². The molecule has 3 N–H and O–H groups in total. The van der Waals surface area contributed by atoms with Gasteiger partial charge in [0, 0.05) is 26.7 Å². The molecule has 0 aromatic carbocycles. The van der Waals surface area contributed by atoms with Gasteiger partial charge in [-0.2, -0.15) is 0 Å². The van der Waals surface area contributed by atoms with E-state index in [1.807, 2.05) is 18.9 Å². The molecule has 0 saturated carbocycles. The number of carbonyl (C=O) groups excluding carboxylic acids is 1. The van der Waals surface area contributed by atoms with Gasteiger partial charge in [-0.25, -0.2) is 9.97 Å². The number of nitrogens with zero attached hydrogens (tertiary/aromatic N) is 3. The number of amides is 1. The zero-order chi connectivity index (χ0) is 12.1. The van der Waals surface area contributed by atoms with E-state index in [2.05, 4.69) is 15.3 Å². The van der Waals surface area contributed by atoms with Gasteiger partial charge in [0.25, 0.3) is 0 Å². The van der Waals surface area contributed by atoms with Crippen molar-refractivity contribution in [2.24, 2.45) is 5.92 Å². The smallest absolute Gasteiger partial charge is 0.224 e. The normalized spacial score (nSPS) is 11.9. The Morgan fingerprint density at radius 2 is 2.31 bits per heavy atom. The van der Waals surface area contributed by atoms with Gasteiger partial charge in [0.05, 0.1) is 5.92 Å². The third-order valence-electron chi connectivity index (χ3n) is 2.31. The average Bonchev–Trinajstić information content (AvgIpc) is 2.27. The van der Waals surface area contributed by atoms with Crippen molar-refractivity contribution in [3.63, 3.8) is 0 Å². The number of nitrogen functional groups attached to an aromatic ring is 1. The van der Waals surface area contributed by atoms with Gasteiger partial charge in [-0.1, -0.05) is 6.92 Å². The molecule has 6 heteroatoms. The molecule has 1 heterocycles. The molecule has 0 aliphatic heterocycles. The van der Waals surface area contributed by atoms with Gasteiger partial charge in [-0.15, -0.1) is 0 Å². The van der Waals surface area contributed by atoms with Crippen LogP contribution < -0.4 is 16.0 Å². The molecule has 0 spiro atoms. The number of aromatic nitrogens is 2. The Morgan fingerprint density at radius 1 is 1.62 bits per heavy atom. The summed E-state index contributed by atoms with van der Waals surface area (Å²) >= 11 is 0. The lowest BCUT2D eigenvalue weighted by molar-refractivity contribution is -0.123. The van der Waals surface area contributed by atoms with Crippen molar-refractivity contribution in [3.05, 3.63) is 12.4 Å². The minimum atomic E-state index is -0.105. The fourth-order valence-corrected chi connectivity index (χ4v) is 1.40. The summed E-state index contributed by atoms with van der Waals surface area (Å²) in [5.74, 6) is 1.03. The topological polar surface area (TPSA) is 84.1 Å². The molecule has 6 nitrogen and oxygen atoms in total. The van der Waals surface area contributed by atoms with Gasteiger partial charge >= 0.3 is 0 Å². The Morgan fingerprint density at radius 3 is 2.88 bits per heavy atom. The second-order valence-corrected chi connectivity index (χ2v) is 3.70. The van der Waals surface area contributed by atoms with Gasteiger partial charge in [-0.3, -0.25) is 4.79 Å². The van der Waals surface area contributed by atoms with E-state index in [0.717, 1.165) is 0 Å². The number of nitrogens with two attached hydrogens (primary N) is 1. The lowest BCUT2D eigenvalue weighted by Gasteiger charge is -2.21. The third kappa shape index (κ3) is 3.08. The number of carbonyl (C=O) groups is 1. The molecule has 0 fully saturated rings. The molecular formula is C10H17N5O. The van der Waals surface area contributed by atoms with E-state index in [1.54, 1.807) is 13.1 Å². The number of anilines is 2. The van der Waals surface area contributed by atoms with Gasteiger partial charge in [0.1, 0.15) is 18.0 Å². The highest BCUT2D eigenvalue weighted by molar-refractivity contribution is 5.78. The van der Waals surface area contributed by atoms with E-state index in [4.69, 9.17) is 5.73 Å². The van der Waals surface area contributed by atoms with Crippen LogP contribution >= 0.6 is 0 Å². The second-order valence-electron chi connectivity index (χ2n) is 3.70. The summed E-state index contributed by atoms with van der Waals surface area (Å²) in [6.07, 6.45) is 1.41. The van der Waals surface area contributed by atoms with E-state index < -0.39 is 0 Å². The number of hydrogen-bond donors (Lipinski definition) is 2. The highest BCUT2D eigenvalue weighted by atomic mass is 16.1. The van der Waals surface area contributed by atoms with Crippen LogP contribution in [0.25, 0.3) is 0 Å². The molecular weight excluding hydrogens is 206 g/mol. The molecule has 1 amide bonds. The zero-order valence-electron chi connectivity index (χ0n) is 9.77. The maximum Gasteiger partial charge on any atom is 0.224 e. The van der Waals surface area contributed by atoms with E-state index in [-0.39, 0.29) is 11.8 Å². The van der Waals surface area contributed by atoms with Crippen LogP contribution in [0.5, 0.6) is 0 Å². The number of hydrogen-bond acceptors (Lipinski definition) is 5. The second kappa shape index (κ2) is 5.29. The summed E-state index contributed by atoms with van der Waals surface area (Å²) in [7, 11) is 3.49. The lowest BCUT2D eigenvalue weighted by Crippen LogP contribution is -2.34. The van der Waals surface area contributed by atoms with E-state index in [0.29, 0.717) is 18.2 Å². The fraction of sp³-hybridized carbons (Fsp3) is 0.500. The summed E-state index contributed by atoms with van der Waals surface area (Å²) in [6.45, 7) is 2.44. The summed E-state index contributed by atoms with van der Waals surface area (Å²) in [4.78, 5) is 21.1. The summed E-state index contributed by atoms with van der Waals surface area (Å²) < 4.78 is 0. The predicted molar refractivity (Wildman–Crippen MR) is 62.9 cm³/mol. The largest absolute Gasteiger partial charge is 0.384 e. The van der Waals surface area contributed by atoms with Crippen molar-refractivity contribution < 1.29 is 4.79 Å². The molecule has 0 radical (unpaired) electrons. The summed E-state index contributed by atoms with van der Waals surface area (Å²) in [6, 6.07) is 1.68. The third-order valence-corrected chi connectivity index (χ3v) is 2.31. The van der Waals surface area contributed by atoms with Crippen LogP contribution in [0.1, 0.15) is 6.92 Å². The van der Waals surface area contributed by atoms with Crippen molar-refractivity contribution in [1.29, 1.82) is 0 Å². The van der Waals surface area contributed by atoms with Crippen molar-refractivity contribution in [2.45, 2.75) is 6.92 Å². The maximum atomic E-state index is 11.4. The van der Waals surface area contributed by atoms with Gasteiger partial charge in [-0.05, 0) is 0 Å². The highest BCUT2D eigenvalue weighted by Crippen LogP contribution is 2.11. The van der Waals surface area contributed by atoms with Crippen LogP contribution in [0, 0.1) is 5.92 Å². The first kappa shape index (κ1) is 12.2. The molecule has 1 aromatic heterocycles. The first-order chi connectivity index (χ1) is 7.54. The van der Waals surface area contributed by atoms with Crippen LogP contribution in [0.15, 0.2) is 12.4 Å². The standard InChI is InChI=1S/C10H17N5O/c1-7(10(16)12-2)5-15(3)9-4-8(11)13-6-14-9/h4,6-7H,5H2,1-3H3,(H,12,16)(H2,11,13,14). The van der Waals surface area contributed by atoms with Gasteiger partial charge < -0.3 is 16.0 Å². The Kier molecular flexibility index (Phi) is 4.04. The summed E-state index contributed by atoms with van der Waals surface area (Å²) in [5, 5.41) is 2.61. The predicted octanol–water partition coefficient (Wildman–Crippen LogP) is -0.123. The Bertz CT molecular complexity index is 368. The van der Waals surface area contributed by atoms with Crippen molar-refractivity contribution in [2.75, 3.05) is 31.3 Å². The Labute approximate surface area is 94.9 Å². The van der Waals surface area contributed by atoms with Crippen LogP contribution in [-0.2, 0) is 4.79 Å². The van der Waals surface area contributed by atoms with E-state index in [9.17, 15) is 4.79 Å². The minimum absolute atomic E-state index is 0.00822. The van der Waals surface area contributed by atoms with Crippen LogP contribution in [0.3, 0.4) is 0 Å². The molecule has 16 heavy (non-hydrogen) atoms. The van der Waals surface area contributed by atoms with Crippen molar-refractivity contribution in [1.82, 2.24) is 15.3 Å². The lowest BCUT2D eigenvalue weighted by atomic mass is 10.1. The SMILES string of the molecule is CNC(=O)C(C)CN(C)c1cc(N)ncn1. The fourth-order valence-electron chi connectivity index (χ4n) is 1.40. The average molecular weight is 223 g/mol. The van der Waals surface area contributed by atoms with Gasteiger partial charge in [0.2, 0.25) is 5.91 Å². The van der Waals surface area contributed by atoms with Crippen molar-refractivity contribution >= 4 is 17.5 Å². The Balaban J connectivity index is 2.65. The molecule has 88 valence electrons. The van der Waals surface area contributed by atoms with Crippen LogP contribution in [0.2, 0.25) is 0 Å². The van der Waals surface area contributed by atoms with E-state index >= 15 is 0 Å². The molecule has 0 aliphatic carbocycles. The number of nitrogens with one attached hydrogen (secondary N) is 1. The minimum Gasteiger partial charge on any atom is -0.384 e. The van der Waals surface area contributed by atoms with Gasteiger partial charge in [0.15, 0.2) is 0 Å². The molecule has 0 aliphatic rings.